The molecule has 1 N–H and O–H groups in total. The Morgan fingerprint density at radius 1 is 1.37 bits per heavy atom. The third-order valence-electron chi connectivity index (χ3n) is 2.25. The van der Waals surface area contributed by atoms with E-state index in [0.29, 0.717) is 23.7 Å². The molecule has 0 unspecified atom stereocenters. The molecular weight excluding hydrogens is 264 g/mol. The van der Waals surface area contributed by atoms with E-state index in [2.05, 4.69) is 25.4 Å². The highest BCUT2D eigenvalue weighted by molar-refractivity contribution is 7.99. The van der Waals surface area contributed by atoms with Crippen LogP contribution in [0.15, 0.2) is 16.2 Å². The van der Waals surface area contributed by atoms with Crippen LogP contribution in [0.3, 0.4) is 0 Å². The zero-order valence-electron chi connectivity index (χ0n) is 11.3. The molecule has 8 heteroatoms. The molecule has 0 aliphatic carbocycles. The van der Waals surface area contributed by atoms with Gasteiger partial charge < -0.3 is 10.1 Å². The summed E-state index contributed by atoms with van der Waals surface area (Å²) in [5, 5.41) is 8.72. The Bertz CT molecular complexity index is 570. The van der Waals surface area contributed by atoms with E-state index in [9.17, 15) is 0 Å². The van der Waals surface area contributed by atoms with Crippen molar-refractivity contribution < 1.29 is 4.74 Å². The minimum atomic E-state index is 0.322. The van der Waals surface area contributed by atoms with Gasteiger partial charge in [-0.25, -0.2) is 0 Å². The Kier molecular flexibility index (Phi) is 4.20. The van der Waals surface area contributed by atoms with E-state index in [1.807, 2.05) is 27.0 Å². The molecule has 2 heterocycles. The molecule has 0 saturated carbocycles. The number of rotatable bonds is 5. The van der Waals surface area contributed by atoms with Crippen molar-refractivity contribution in [2.24, 2.45) is 7.05 Å². The lowest BCUT2D eigenvalue weighted by molar-refractivity contribution is 0.308. The van der Waals surface area contributed by atoms with Crippen molar-refractivity contribution in [1.29, 1.82) is 0 Å². The van der Waals surface area contributed by atoms with Crippen LogP contribution in [0.2, 0.25) is 0 Å². The van der Waals surface area contributed by atoms with Crippen LogP contribution < -0.4 is 10.1 Å². The highest BCUT2D eigenvalue weighted by Crippen LogP contribution is 2.26. The normalized spacial score (nSPS) is 10.5. The van der Waals surface area contributed by atoms with Gasteiger partial charge >= 0.3 is 6.01 Å². The Morgan fingerprint density at radius 3 is 2.74 bits per heavy atom. The third kappa shape index (κ3) is 3.34. The molecule has 19 heavy (non-hydrogen) atoms. The first-order valence-corrected chi connectivity index (χ1v) is 6.69. The lowest BCUT2D eigenvalue weighted by Gasteiger charge is -2.06. The van der Waals surface area contributed by atoms with Crippen molar-refractivity contribution in [3.8, 4) is 6.01 Å². The van der Waals surface area contributed by atoms with Gasteiger partial charge in [0.15, 0.2) is 0 Å². The fraction of sp³-hybridized carbons (Fsp3) is 0.455. The fourth-order valence-corrected chi connectivity index (χ4v) is 2.31. The predicted octanol–water partition coefficient (Wildman–Crippen LogP) is 1.51. The minimum Gasteiger partial charge on any atom is -0.464 e. The van der Waals surface area contributed by atoms with Gasteiger partial charge in [0, 0.05) is 14.1 Å². The zero-order chi connectivity index (χ0) is 13.8. The van der Waals surface area contributed by atoms with Crippen LogP contribution in [0.5, 0.6) is 6.01 Å². The summed E-state index contributed by atoms with van der Waals surface area (Å²) in [4.78, 5) is 12.7. The van der Waals surface area contributed by atoms with Crippen LogP contribution in [0, 0.1) is 6.92 Å². The van der Waals surface area contributed by atoms with Crippen LogP contribution in [0.1, 0.15) is 12.6 Å². The molecule has 0 spiro atoms. The van der Waals surface area contributed by atoms with Gasteiger partial charge in [-0.2, -0.15) is 20.1 Å². The summed E-state index contributed by atoms with van der Waals surface area (Å²) in [5.41, 5.74) is 0.956. The number of nitrogens with zero attached hydrogens (tertiary/aromatic N) is 5. The van der Waals surface area contributed by atoms with Crippen molar-refractivity contribution in [2.75, 3.05) is 19.0 Å². The second-order valence-electron chi connectivity index (χ2n) is 3.76. The molecule has 102 valence electrons. The van der Waals surface area contributed by atoms with E-state index in [0.717, 1.165) is 10.7 Å². The van der Waals surface area contributed by atoms with Gasteiger partial charge in [-0.15, -0.1) is 0 Å². The minimum absolute atomic E-state index is 0.322. The van der Waals surface area contributed by atoms with Gasteiger partial charge in [-0.05, 0) is 31.7 Å². The van der Waals surface area contributed by atoms with Gasteiger partial charge in [0.05, 0.1) is 12.3 Å². The van der Waals surface area contributed by atoms with Crippen molar-refractivity contribution in [3.63, 3.8) is 0 Å². The average molecular weight is 280 g/mol. The summed E-state index contributed by atoms with van der Waals surface area (Å²) in [6.07, 6.45) is 0. The van der Waals surface area contributed by atoms with Crippen LogP contribution in [0.4, 0.5) is 5.95 Å². The molecule has 0 aliphatic heterocycles. The maximum absolute atomic E-state index is 5.32. The number of ether oxygens (including phenoxy) is 1. The van der Waals surface area contributed by atoms with E-state index in [-0.39, 0.29) is 0 Å². The smallest absolute Gasteiger partial charge is 0.322 e. The van der Waals surface area contributed by atoms with Crippen LogP contribution in [0.25, 0.3) is 0 Å². The van der Waals surface area contributed by atoms with Gasteiger partial charge in [0.25, 0.3) is 0 Å². The molecule has 0 radical (unpaired) electrons. The third-order valence-corrected chi connectivity index (χ3v) is 3.20. The molecule has 0 bridgehead atoms. The van der Waals surface area contributed by atoms with Crippen molar-refractivity contribution >= 4 is 17.7 Å². The lowest BCUT2D eigenvalue weighted by Crippen LogP contribution is -2.05. The van der Waals surface area contributed by atoms with Crippen molar-refractivity contribution in [2.45, 2.75) is 24.0 Å². The Labute approximate surface area is 115 Å². The maximum atomic E-state index is 5.32. The Balaban J connectivity index is 2.28. The number of aromatic nitrogens is 5. The standard InChI is InChI=1S/C11H16N6OS/c1-5-18-10-13-9(12-3)14-11(15-10)19-8-6-7(2)16-17(8)4/h6H,5H2,1-4H3,(H,12,13,14,15). The summed E-state index contributed by atoms with van der Waals surface area (Å²) >= 11 is 1.42. The summed E-state index contributed by atoms with van der Waals surface area (Å²) in [7, 11) is 3.65. The second kappa shape index (κ2) is 5.87. The number of hydrogen-bond donors (Lipinski definition) is 1. The molecular formula is C11H16N6OS. The van der Waals surface area contributed by atoms with E-state index in [1.54, 1.807) is 11.7 Å². The monoisotopic (exact) mass is 280 g/mol. The van der Waals surface area contributed by atoms with Crippen LogP contribution in [-0.4, -0.2) is 38.4 Å². The molecule has 0 aromatic carbocycles. The average Bonchev–Trinajstić information content (AvgIpc) is 2.68. The van der Waals surface area contributed by atoms with E-state index < -0.39 is 0 Å². The van der Waals surface area contributed by atoms with Gasteiger partial charge in [0.1, 0.15) is 5.03 Å². The topological polar surface area (TPSA) is 77.8 Å². The fourth-order valence-electron chi connectivity index (χ4n) is 1.47. The Hall–Kier alpha value is -1.83. The molecule has 2 aromatic heterocycles. The number of aryl methyl sites for hydroxylation is 2. The van der Waals surface area contributed by atoms with Crippen LogP contribution in [-0.2, 0) is 7.05 Å². The molecule has 2 rings (SSSR count). The van der Waals surface area contributed by atoms with Crippen molar-refractivity contribution in [1.82, 2.24) is 24.7 Å². The van der Waals surface area contributed by atoms with Crippen molar-refractivity contribution in [3.05, 3.63) is 11.8 Å². The van der Waals surface area contributed by atoms with Gasteiger partial charge in [0.2, 0.25) is 11.1 Å². The second-order valence-corrected chi connectivity index (χ2v) is 4.74. The van der Waals surface area contributed by atoms with Gasteiger partial charge in [-0.1, -0.05) is 0 Å². The van der Waals surface area contributed by atoms with Gasteiger partial charge in [-0.3, -0.25) is 4.68 Å². The first-order valence-electron chi connectivity index (χ1n) is 5.87. The molecule has 0 atom stereocenters. The molecule has 0 amide bonds. The molecule has 0 fully saturated rings. The number of hydrogen-bond acceptors (Lipinski definition) is 7. The summed E-state index contributed by atoms with van der Waals surface area (Å²) < 4.78 is 7.12. The summed E-state index contributed by atoms with van der Waals surface area (Å²) in [6, 6.07) is 2.30. The maximum Gasteiger partial charge on any atom is 0.322 e. The van der Waals surface area contributed by atoms with Crippen LogP contribution >= 0.6 is 11.8 Å². The number of nitrogens with one attached hydrogen (secondary N) is 1. The van der Waals surface area contributed by atoms with E-state index >= 15 is 0 Å². The summed E-state index contributed by atoms with van der Waals surface area (Å²) in [6.45, 7) is 4.35. The lowest BCUT2D eigenvalue weighted by atomic mass is 10.5. The predicted molar refractivity (Wildman–Crippen MR) is 72.6 cm³/mol. The molecule has 0 aliphatic rings. The first-order chi connectivity index (χ1) is 9.12. The summed E-state index contributed by atoms with van der Waals surface area (Å²) in [5.74, 6) is 0.486. The highest BCUT2D eigenvalue weighted by atomic mass is 32.2. The van der Waals surface area contributed by atoms with E-state index in [1.165, 1.54) is 11.8 Å². The molecule has 7 nitrogen and oxygen atoms in total. The SMILES string of the molecule is CCOc1nc(NC)nc(Sc2cc(C)nn2C)n1. The largest absolute Gasteiger partial charge is 0.464 e. The quantitative estimate of drug-likeness (QED) is 0.889. The molecule has 2 aromatic rings. The molecule has 0 saturated heterocycles. The number of anilines is 1. The first kappa shape index (κ1) is 13.6. The van der Waals surface area contributed by atoms with E-state index in [4.69, 9.17) is 4.74 Å². The Morgan fingerprint density at radius 2 is 2.16 bits per heavy atom. The zero-order valence-corrected chi connectivity index (χ0v) is 12.2. The highest BCUT2D eigenvalue weighted by Gasteiger charge is 2.11.